The quantitative estimate of drug-likeness (QED) is 0.568. The number of aromatic amines is 1. The van der Waals surface area contributed by atoms with E-state index in [1.807, 2.05) is 0 Å². The van der Waals surface area contributed by atoms with Crippen molar-refractivity contribution in [2.75, 3.05) is 0 Å². The van der Waals surface area contributed by atoms with Crippen molar-refractivity contribution in [2.24, 2.45) is 0 Å². The van der Waals surface area contributed by atoms with Gasteiger partial charge >= 0.3 is 0 Å². The van der Waals surface area contributed by atoms with Crippen LogP contribution in [0.3, 0.4) is 0 Å². The third-order valence-corrected chi connectivity index (χ3v) is 1.57. The molecule has 0 radical (unpaired) electrons. The molecule has 1 aromatic rings. The first kappa shape index (κ1) is 4.87. The minimum Gasteiger partial charge on any atom is -0.314 e. The van der Waals surface area contributed by atoms with Gasteiger partial charge in [0.15, 0.2) is 0 Å². The van der Waals surface area contributed by atoms with E-state index in [-0.39, 0.29) is 9.77 Å². The summed E-state index contributed by atoms with van der Waals surface area (Å²) < 4.78 is 2.49. The first-order chi connectivity index (χ1) is 3.30. The van der Waals surface area contributed by atoms with Gasteiger partial charge in [-0.05, 0) is 11.5 Å². The summed E-state index contributed by atoms with van der Waals surface area (Å²) in [5, 5.41) is 0.269. The predicted molar refractivity (Wildman–Crippen MR) is 29.9 cm³/mol. The van der Waals surface area contributed by atoms with E-state index in [1.165, 1.54) is 6.20 Å². The second-order valence-corrected chi connectivity index (χ2v) is 2.22. The highest BCUT2D eigenvalue weighted by atomic mass is 35.5. The third kappa shape index (κ3) is 0.838. The maximum Gasteiger partial charge on any atom is 0.268 e. The van der Waals surface area contributed by atoms with Gasteiger partial charge in [-0.1, -0.05) is 11.6 Å². The van der Waals surface area contributed by atoms with Gasteiger partial charge in [-0.15, -0.1) is 0 Å². The van der Waals surface area contributed by atoms with Crippen molar-refractivity contribution in [3.8, 4) is 0 Å². The molecular formula is C3H2ClNOS. The van der Waals surface area contributed by atoms with Crippen LogP contribution < -0.4 is 4.74 Å². The van der Waals surface area contributed by atoms with Crippen LogP contribution >= 0.6 is 23.1 Å². The Labute approximate surface area is 48.9 Å². The lowest BCUT2D eigenvalue weighted by molar-refractivity contribution is 1.58. The number of nitrogens with one attached hydrogen (secondary N) is 1. The Morgan fingerprint density at radius 1 is 1.86 bits per heavy atom. The van der Waals surface area contributed by atoms with Crippen molar-refractivity contribution < 1.29 is 0 Å². The Kier molecular flexibility index (Phi) is 1.17. The van der Waals surface area contributed by atoms with Crippen molar-refractivity contribution in [1.82, 2.24) is 4.37 Å². The standard InChI is InChI=1S/C3H2ClNOS/c4-2-1-5-7-3(2)6/h1,5H. The van der Waals surface area contributed by atoms with Crippen LogP contribution in [0.1, 0.15) is 0 Å². The first-order valence-electron chi connectivity index (χ1n) is 1.63. The zero-order chi connectivity index (χ0) is 5.28. The molecule has 1 aromatic heterocycles. The second kappa shape index (κ2) is 1.68. The van der Waals surface area contributed by atoms with Crippen LogP contribution in [0.25, 0.3) is 0 Å². The summed E-state index contributed by atoms with van der Waals surface area (Å²) in [7, 11) is 0. The molecule has 0 saturated carbocycles. The van der Waals surface area contributed by atoms with Gasteiger partial charge < -0.3 is 4.37 Å². The van der Waals surface area contributed by atoms with Crippen LogP contribution in [0.4, 0.5) is 0 Å². The summed E-state index contributed by atoms with van der Waals surface area (Å²) in [5.41, 5.74) is 0. The van der Waals surface area contributed by atoms with Crippen LogP contribution in [0, 0.1) is 0 Å². The van der Waals surface area contributed by atoms with Crippen molar-refractivity contribution in [1.29, 1.82) is 0 Å². The fourth-order valence-electron chi connectivity index (χ4n) is 0.242. The smallest absolute Gasteiger partial charge is 0.268 e. The fraction of sp³-hybridized carbons (Fsp3) is 0. The lowest BCUT2D eigenvalue weighted by atomic mass is 10.8. The Balaban J connectivity index is 3.39. The van der Waals surface area contributed by atoms with Crippen LogP contribution in [0.5, 0.6) is 0 Å². The van der Waals surface area contributed by atoms with Crippen LogP contribution in [0.15, 0.2) is 11.0 Å². The Bertz CT molecular complexity index is 203. The van der Waals surface area contributed by atoms with Gasteiger partial charge in [0.1, 0.15) is 5.02 Å². The molecule has 38 valence electrons. The molecule has 0 aromatic carbocycles. The molecule has 2 nitrogen and oxygen atoms in total. The maximum absolute atomic E-state index is 10.3. The van der Waals surface area contributed by atoms with E-state index in [0.29, 0.717) is 0 Å². The maximum atomic E-state index is 10.3. The van der Waals surface area contributed by atoms with Crippen molar-refractivity contribution in [2.45, 2.75) is 0 Å². The summed E-state index contributed by atoms with van der Waals surface area (Å²) in [6, 6.07) is 0. The number of hydrogen-bond donors (Lipinski definition) is 1. The molecule has 4 heteroatoms. The summed E-state index contributed by atoms with van der Waals surface area (Å²) >= 11 is 6.28. The van der Waals surface area contributed by atoms with Gasteiger partial charge in [0.25, 0.3) is 4.74 Å². The van der Waals surface area contributed by atoms with E-state index in [1.54, 1.807) is 0 Å². The highest BCUT2D eigenvalue weighted by Crippen LogP contribution is 1.97. The van der Waals surface area contributed by atoms with Gasteiger partial charge in [0.2, 0.25) is 0 Å². The SMILES string of the molecule is O=c1s[nH]cc1Cl. The van der Waals surface area contributed by atoms with E-state index in [9.17, 15) is 4.79 Å². The number of hydrogen-bond acceptors (Lipinski definition) is 2. The molecule has 0 amide bonds. The second-order valence-electron chi connectivity index (χ2n) is 1.000. The first-order valence-corrected chi connectivity index (χ1v) is 2.82. The zero-order valence-electron chi connectivity index (χ0n) is 3.27. The Morgan fingerprint density at radius 3 is 2.71 bits per heavy atom. The van der Waals surface area contributed by atoms with Crippen LogP contribution in [0.2, 0.25) is 5.02 Å². The molecule has 0 atom stereocenters. The third-order valence-electron chi connectivity index (χ3n) is 0.532. The van der Waals surface area contributed by atoms with Gasteiger partial charge in [0.05, 0.1) is 0 Å². The summed E-state index contributed by atoms with van der Waals surface area (Å²) in [6.45, 7) is 0. The minimum atomic E-state index is -0.110. The van der Waals surface area contributed by atoms with Crippen molar-refractivity contribution in [3.63, 3.8) is 0 Å². The number of halogens is 1. The van der Waals surface area contributed by atoms with Gasteiger partial charge in [0, 0.05) is 6.20 Å². The van der Waals surface area contributed by atoms with E-state index in [2.05, 4.69) is 4.37 Å². The normalized spacial score (nSPS) is 9.29. The molecule has 0 fully saturated rings. The van der Waals surface area contributed by atoms with Crippen molar-refractivity contribution >= 4 is 23.1 Å². The minimum absolute atomic E-state index is 0.110. The molecule has 0 aliphatic carbocycles. The average molecular weight is 136 g/mol. The Hall–Kier alpha value is -0.280. The summed E-state index contributed by atoms with van der Waals surface area (Å²) in [4.78, 5) is 10.3. The molecule has 0 bridgehead atoms. The molecule has 0 unspecified atom stereocenters. The molecule has 0 saturated heterocycles. The van der Waals surface area contributed by atoms with Crippen LogP contribution in [-0.4, -0.2) is 4.37 Å². The lowest BCUT2D eigenvalue weighted by Crippen LogP contribution is -1.84. The molecule has 0 spiro atoms. The zero-order valence-corrected chi connectivity index (χ0v) is 4.84. The molecular weight excluding hydrogens is 134 g/mol. The largest absolute Gasteiger partial charge is 0.314 e. The van der Waals surface area contributed by atoms with Gasteiger partial charge in [-0.3, -0.25) is 4.79 Å². The highest BCUT2D eigenvalue weighted by Gasteiger charge is 1.90. The molecule has 1 heterocycles. The molecule has 1 rings (SSSR count). The highest BCUT2D eigenvalue weighted by molar-refractivity contribution is 7.03. The van der Waals surface area contributed by atoms with E-state index >= 15 is 0 Å². The van der Waals surface area contributed by atoms with E-state index in [0.717, 1.165) is 11.5 Å². The van der Waals surface area contributed by atoms with E-state index < -0.39 is 0 Å². The summed E-state index contributed by atoms with van der Waals surface area (Å²) in [6.07, 6.45) is 1.47. The van der Waals surface area contributed by atoms with Crippen LogP contribution in [-0.2, 0) is 0 Å². The average Bonchev–Trinajstić information content (AvgIpc) is 1.91. The topological polar surface area (TPSA) is 32.9 Å². The number of rotatable bonds is 0. The fourth-order valence-corrected chi connectivity index (χ4v) is 0.918. The predicted octanol–water partition coefficient (Wildman–Crippen LogP) is 1.09. The molecule has 7 heavy (non-hydrogen) atoms. The molecule has 0 aliphatic rings. The molecule has 0 aliphatic heterocycles. The van der Waals surface area contributed by atoms with E-state index in [4.69, 9.17) is 11.6 Å². The van der Waals surface area contributed by atoms with Gasteiger partial charge in [-0.2, -0.15) is 0 Å². The van der Waals surface area contributed by atoms with Crippen molar-refractivity contribution in [3.05, 3.63) is 20.8 Å². The lowest BCUT2D eigenvalue weighted by Gasteiger charge is -1.60. The Morgan fingerprint density at radius 2 is 2.57 bits per heavy atom. The number of aromatic nitrogens is 1. The monoisotopic (exact) mass is 135 g/mol. The summed E-state index contributed by atoms with van der Waals surface area (Å²) in [5.74, 6) is 0. The number of H-pyrrole nitrogens is 1. The van der Waals surface area contributed by atoms with Gasteiger partial charge in [-0.25, -0.2) is 0 Å². The molecule has 1 N–H and O–H groups in total.